The van der Waals surface area contributed by atoms with Gasteiger partial charge >= 0.3 is 0 Å². The van der Waals surface area contributed by atoms with Crippen molar-refractivity contribution in [2.45, 2.75) is 18.4 Å². The zero-order chi connectivity index (χ0) is 23.8. The van der Waals surface area contributed by atoms with Crippen molar-refractivity contribution in [3.8, 4) is 0 Å². The maximum atomic E-state index is 13.5. The smallest absolute Gasteiger partial charge is 0.287 e. The van der Waals surface area contributed by atoms with Gasteiger partial charge in [-0.1, -0.05) is 42.5 Å². The lowest BCUT2D eigenvalue weighted by Crippen LogP contribution is -2.53. The van der Waals surface area contributed by atoms with Gasteiger partial charge in [-0.2, -0.15) is 0 Å². The molecule has 0 spiro atoms. The molecule has 2 N–H and O–H groups in total. The van der Waals surface area contributed by atoms with Gasteiger partial charge in [0.2, 0.25) is 0 Å². The van der Waals surface area contributed by atoms with E-state index in [4.69, 9.17) is 0 Å². The minimum Gasteiger partial charge on any atom is -0.344 e. The molecule has 2 amide bonds. The van der Waals surface area contributed by atoms with Crippen molar-refractivity contribution in [3.63, 3.8) is 0 Å². The van der Waals surface area contributed by atoms with Gasteiger partial charge in [0, 0.05) is 25.2 Å². The molecule has 1 saturated heterocycles. The van der Waals surface area contributed by atoms with Gasteiger partial charge in [-0.05, 0) is 36.2 Å². The van der Waals surface area contributed by atoms with E-state index < -0.39 is 0 Å². The number of carbonyl (C=O) groups is 2. The average molecular weight is 465 g/mol. The van der Waals surface area contributed by atoms with Gasteiger partial charge in [0.15, 0.2) is 5.82 Å². The first kappa shape index (κ1) is 21.1. The highest BCUT2D eigenvalue weighted by atomic mass is 16.2. The summed E-state index contributed by atoms with van der Waals surface area (Å²) in [6.45, 7) is 1.00. The molecule has 0 radical (unpaired) electrons. The Kier molecular flexibility index (Phi) is 5.25. The zero-order valence-electron chi connectivity index (χ0n) is 19.0. The molecule has 1 fully saturated rings. The maximum Gasteiger partial charge on any atom is 0.287 e. The lowest BCUT2D eigenvalue weighted by Gasteiger charge is -2.39. The molecule has 8 heteroatoms. The first-order valence-electron chi connectivity index (χ1n) is 11.7. The van der Waals surface area contributed by atoms with Gasteiger partial charge in [0.05, 0.1) is 40.7 Å². The minimum atomic E-state index is -0.278. The van der Waals surface area contributed by atoms with Crippen LogP contribution in [0.2, 0.25) is 0 Å². The fraction of sp³-hybridized carbons (Fsp3) is 0.185. The molecule has 4 heterocycles. The highest BCUT2D eigenvalue weighted by molar-refractivity contribution is 6.01. The summed E-state index contributed by atoms with van der Waals surface area (Å²) in [5, 5.41) is 3.17. The Labute approximate surface area is 201 Å². The largest absolute Gasteiger partial charge is 0.344 e. The lowest BCUT2D eigenvalue weighted by molar-refractivity contribution is 0.0655. The van der Waals surface area contributed by atoms with Gasteiger partial charge in [-0.3, -0.25) is 9.59 Å². The van der Waals surface area contributed by atoms with Crippen molar-refractivity contribution in [1.82, 2.24) is 29.6 Å². The molecule has 6 rings (SSSR count). The number of fused-ring (bicyclic) bond motifs is 2. The van der Waals surface area contributed by atoms with Crippen molar-refractivity contribution in [1.29, 1.82) is 0 Å². The predicted molar refractivity (Wildman–Crippen MR) is 132 cm³/mol. The van der Waals surface area contributed by atoms with Crippen LogP contribution in [0.4, 0.5) is 0 Å². The Morgan fingerprint density at radius 2 is 1.83 bits per heavy atom. The molecular weight excluding hydrogens is 440 g/mol. The second-order valence-corrected chi connectivity index (χ2v) is 8.85. The molecule has 2 aromatic carbocycles. The molecule has 0 bridgehead atoms. The number of nitrogens with zero attached hydrogens (tertiary/aromatic N) is 4. The van der Waals surface area contributed by atoms with E-state index in [1.165, 1.54) is 0 Å². The Morgan fingerprint density at radius 1 is 1.00 bits per heavy atom. The third kappa shape index (κ3) is 3.93. The van der Waals surface area contributed by atoms with E-state index in [0.717, 1.165) is 28.5 Å². The Balaban J connectivity index is 1.29. The average Bonchev–Trinajstić information content (AvgIpc) is 3.56. The number of hydrogen-bond acceptors (Lipinski definition) is 4. The number of H-pyrrole nitrogens is 1. The molecule has 5 aromatic rings. The highest BCUT2D eigenvalue weighted by Crippen LogP contribution is 2.30. The number of benzene rings is 2. The molecule has 174 valence electrons. The maximum absolute atomic E-state index is 13.5. The molecule has 2 atom stereocenters. The van der Waals surface area contributed by atoms with E-state index in [9.17, 15) is 9.59 Å². The van der Waals surface area contributed by atoms with Crippen molar-refractivity contribution in [2.24, 2.45) is 0 Å². The number of pyridine rings is 1. The van der Waals surface area contributed by atoms with Crippen molar-refractivity contribution in [2.75, 3.05) is 13.1 Å². The predicted octanol–water partition coefficient (Wildman–Crippen LogP) is 3.64. The van der Waals surface area contributed by atoms with Gasteiger partial charge in [-0.25, -0.2) is 9.97 Å². The number of hydrogen-bond donors (Lipinski definition) is 2. The Hall–Kier alpha value is -4.46. The van der Waals surface area contributed by atoms with Crippen LogP contribution in [0.3, 0.4) is 0 Å². The molecule has 0 saturated carbocycles. The van der Waals surface area contributed by atoms with Crippen molar-refractivity contribution in [3.05, 3.63) is 102 Å². The van der Waals surface area contributed by atoms with Crippen molar-refractivity contribution >= 4 is 28.4 Å². The van der Waals surface area contributed by atoms with Gasteiger partial charge in [-0.15, -0.1) is 0 Å². The van der Waals surface area contributed by atoms with Gasteiger partial charge in [0.1, 0.15) is 0 Å². The molecule has 0 unspecified atom stereocenters. The molecule has 3 aromatic heterocycles. The van der Waals surface area contributed by atoms with Crippen LogP contribution in [0.5, 0.6) is 0 Å². The standard InChI is InChI=1S/C27H24N6O2/c34-26(25-29-21-10-4-5-11-22(21)30-25)31-23-16-32(14-12-19(23)18-7-2-1-3-8-18)27(35)20-9-6-13-33-17-28-15-24(20)33/h1-11,13,15,17,19,23H,12,14,16H2,(H,29,30)(H,31,34)/t19-,23+/m0/s1. The van der Waals surface area contributed by atoms with E-state index >= 15 is 0 Å². The number of likely N-dealkylation sites (tertiary alicyclic amines) is 1. The fourth-order valence-electron chi connectivity index (χ4n) is 4.98. The SMILES string of the molecule is O=C(N[C@@H]1CN(C(=O)c2cccn3cncc23)CC[C@H]1c1ccccc1)c1nc2ccccc2[nH]1. The fourth-order valence-corrected chi connectivity index (χ4v) is 4.98. The summed E-state index contributed by atoms with van der Waals surface area (Å²) < 4.78 is 1.84. The van der Waals surface area contributed by atoms with E-state index in [1.807, 2.05) is 70.1 Å². The zero-order valence-corrected chi connectivity index (χ0v) is 19.0. The Bertz CT molecular complexity index is 1490. The van der Waals surface area contributed by atoms with E-state index in [1.54, 1.807) is 12.5 Å². The Morgan fingerprint density at radius 3 is 2.69 bits per heavy atom. The van der Waals surface area contributed by atoms with Crippen LogP contribution >= 0.6 is 0 Å². The summed E-state index contributed by atoms with van der Waals surface area (Å²) in [6, 6.07) is 21.1. The number of piperidine rings is 1. The summed E-state index contributed by atoms with van der Waals surface area (Å²) in [6.07, 6.45) is 6.00. The molecule has 35 heavy (non-hydrogen) atoms. The molecular formula is C27H24N6O2. The summed E-state index contributed by atoms with van der Waals surface area (Å²) in [5.74, 6) is 0.00902. The second kappa shape index (κ2) is 8.72. The van der Waals surface area contributed by atoms with Crippen LogP contribution in [0, 0.1) is 0 Å². The summed E-state index contributed by atoms with van der Waals surface area (Å²) in [4.78, 5) is 40.3. The van der Waals surface area contributed by atoms with E-state index in [0.29, 0.717) is 18.7 Å². The molecule has 1 aliphatic heterocycles. The molecule has 0 aliphatic carbocycles. The van der Waals surface area contributed by atoms with Crippen LogP contribution in [0.15, 0.2) is 85.5 Å². The number of amides is 2. The molecule has 1 aliphatic rings. The number of carbonyl (C=O) groups excluding carboxylic acids is 2. The van der Waals surface area contributed by atoms with Crippen LogP contribution in [0.25, 0.3) is 16.6 Å². The highest BCUT2D eigenvalue weighted by Gasteiger charge is 2.34. The van der Waals surface area contributed by atoms with Crippen LogP contribution in [-0.4, -0.2) is 55.2 Å². The first-order valence-corrected chi connectivity index (χ1v) is 11.7. The van der Waals surface area contributed by atoms with Gasteiger partial charge in [0.25, 0.3) is 11.8 Å². The number of imidazole rings is 2. The summed E-state index contributed by atoms with van der Waals surface area (Å²) in [7, 11) is 0. The second-order valence-electron chi connectivity index (χ2n) is 8.85. The number of nitrogens with one attached hydrogen (secondary N) is 2. The van der Waals surface area contributed by atoms with Crippen LogP contribution in [0.1, 0.15) is 38.9 Å². The van der Waals surface area contributed by atoms with Crippen molar-refractivity contribution < 1.29 is 9.59 Å². The third-order valence-corrected chi connectivity index (χ3v) is 6.73. The third-order valence-electron chi connectivity index (χ3n) is 6.73. The number of rotatable bonds is 4. The normalized spacial score (nSPS) is 18.1. The van der Waals surface area contributed by atoms with Crippen LogP contribution in [-0.2, 0) is 0 Å². The number of aromatic nitrogens is 4. The lowest BCUT2D eigenvalue weighted by atomic mass is 9.85. The first-order chi connectivity index (χ1) is 17.2. The van der Waals surface area contributed by atoms with E-state index in [2.05, 4.69) is 32.4 Å². The summed E-state index contributed by atoms with van der Waals surface area (Å²) >= 11 is 0. The van der Waals surface area contributed by atoms with Crippen LogP contribution < -0.4 is 5.32 Å². The number of para-hydroxylation sites is 2. The van der Waals surface area contributed by atoms with E-state index in [-0.39, 0.29) is 29.6 Å². The minimum absolute atomic E-state index is 0.0643. The monoisotopic (exact) mass is 464 g/mol. The summed E-state index contributed by atoms with van der Waals surface area (Å²) in [5.41, 5.74) is 4.07. The van der Waals surface area contributed by atoms with Gasteiger partial charge < -0.3 is 19.6 Å². The quantitative estimate of drug-likeness (QED) is 0.425. The topological polar surface area (TPSA) is 95.4 Å². The molecule has 8 nitrogen and oxygen atoms in total. The number of aromatic amines is 1.